The van der Waals surface area contributed by atoms with Crippen LogP contribution in [0.2, 0.25) is 0 Å². The molecular formula is C21H31N5O. The van der Waals surface area contributed by atoms with Gasteiger partial charge in [-0.05, 0) is 57.2 Å². The first kappa shape index (κ1) is 19.3. The Balaban J connectivity index is 1.68. The third kappa shape index (κ3) is 5.49. The zero-order valence-electron chi connectivity index (χ0n) is 16.7. The maximum atomic E-state index is 6.29. The number of aryl methyl sites for hydroxylation is 2. The summed E-state index contributed by atoms with van der Waals surface area (Å²) in [6, 6.07) is 8.40. The highest BCUT2D eigenvalue weighted by Gasteiger charge is 2.18. The van der Waals surface area contributed by atoms with Gasteiger partial charge in [0.15, 0.2) is 5.96 Å². The molecule has 2 N–H and O–H groups in total. The average molecular weight is 370 g/mol. The summed E-state index contributed by atoms with van der Waals surface area (Å²) in [5.41, 5.74) is 3.46. The Bertz CT molecular complexity index is 762. The van der Waals surface area contributed by atoms with E-state index in [1.54, 1.807) is 6.20 Å². The van der Waals surface area contributed by atoms with Crippen LogP contribution in [-0.2, 0) is 20.1 Å². The molecule has 0 radical (unpaired) electrons. The second-order valence-electron chi connectivity index (χ2n) is 7.13. The summed E-state index contributed by atoms with van der Waals surface area (Å²) in [7, 11) is 1.94. The second kappa shape index (κ2) is 9.44. The molecule has 2 aromatic rings. The number of nitrogens with zero attached hydrogens (tertiary/aromatic N) is 3. The Morgan fingerprint density at radius 2 is 2.07 bits per heavy atom. The van der Waals surface area contributed by atoms with Crippen LogP contribution < -0.4 is 15.4 Å². The molecule has 27 heavy (non-hydrogen) atoms. The van der Waals surface area contributed by atoms with Crippen LogP contribution in [0.15, 0.2) is 35.5 Å². The van der Waals surface area contributed by atoms with E-state index < -0.39 is 0 Å². The fourth-order valence-electron chi connectivity index (χ4n) is 3.34. The fourth-order valence-corrected chi connectivity index (χ4v) is 3.34. The highest BCUT2D eigenvalue weighted by atomic mass is 16.5. The van der Waals surface area contributed by atoms with Gasteiger partial charge in [-0.2, -0.15) is 5.10 Å². The van der Waals surface area contributed by atoms with Crippen molar-refractivity contribution in [2.45, 2.75) is 58.7 Å². The zero-order valence-corrected chi connectivity index (χ0v) is 16.7. The highest BCUT2D eigenvalue weighted by molar-refractivity contribution is 5.79. The summed E-state index contributed by atoms with van der Waals surface area (Å²) in [5, 5.41) is 10.9. The smallest absolute Gasteiger partial charge is 0.191 e. The van der Waals surface area contributed by atoms with Gasteiger partial charge in [-0.3, -0.25) is 4.68 Å². The molecule has 1 aliphatic rings. The van der Waals surface area contributed by atoms with Crippen LogP contribution in [0.5, 0.6) is 5.75 Å². The molecule has 146 valence electrons. The molecule has 0 atom stereocenters. The Morgan fingerprint density at radius 1 is 1.26 bits per heavy atom. The van der Waals surface area contributed by atoms with Crippen molar-refractivity contribution in [2.24, 2.45) is 12.0 Å². The summed E-state index contributed by atoms with van der Waals surface area (Å²) in [5.74, 6) is 1.78. The van der Waals surface area contributed by atoms with Crippen LogP contribution >= 0.6 is 0 Å². The van der Waals surface area contributed by atoms with Crippen molar-refractivity contribution in [1.29, 1.82) is 0 Å². The Labute approximate surface area is 162 Å². The number of nitrogens with one attached hydrogen (secondary N) is 2. The third-order valence-electron chi connectivity index (χ3n) is 4.93. The summed E-state index contributed by atoms with van der Waals surface area (Å²) < 4.78 is 8.16. The lowest BCUT2D eigenvalue weighted by Gasteiger charge is -2.17. The van der Waals surface area contributed by atoms with E-state index >= 15 is 0 Å². The molecule has 0 aliphatic heterocycles. The fraction of sp³-hybridized carbons (Fsp3) is 0.524. The van der Waals surface area contributed by atoms with E-state index in [0.717, 1.165) is 42.4 Å². The average Bonchev–Trinajstić information content (AvgIpc) is 3.30. The van der Waals surface area contributed by atoms with E-state index in [0.29, 0.717) is 19.2 Å². The monoisotopic (exact) mass is 369 g/mol. The lowest BCUT2D eigenvalue weighted by Crippen LogP contribution is -2.37. The molecular weight excluding hydrogens is 338 g/mol. The van der Waals surface area contributed by atoms with Crippen LogP contribution in [0.3, 0.4) is 0 Å². The molecule has 1 aromatic carbocycles. The van der Waals surface area contributed by atoms with Gasteiger partial charge in [-0.25, -0.2) is 4.99 Å². The van der Waals surface area contributed by atoms with E-state index in [4.69, 9.17) is 9.73 Å². The molecule has 1 aromatic heterocycles. The van der Waals surface area contributed by atoms with Crippen molar-refractivity contribution in [2.75, 3.05) is 6.54 Å². The first-order valence-corrected chi connectivity index (χ1v) is 9.91. The summed E-state index contributed by atoms with van der Waals surface area (Å²) >= 11 is 0. The van der Waals surface area contributed by atoms with Crippen LogP contribution in [0.1, 0.15) is 49.4 Å². The topological polar surface area (TPSA) is 63.5 Å². The number of aliphatic imine (C=N–C) groups is 1. The quantitative estimate of drug-likeness (QED) is 0.581. The lowest BCUT2D eigenvalue weighted by molar-refractivity contribution is 0.208. The van der Waals surface area contributed by atoms with Gasteiger partial charge < -0.3 is 15.4 Å². The number of hydrogen-bond donors (Lipinski definition) is 2. The highest BCUT2D eigenvalue weighted by Crippen LogP contribution is 2.28. The molecule has 3 rings (SSSR count). The molecule has 1 fully saturated rings. The first-order valence-electron chi connectivity index (χ1n) is 9.91. The van der Waals surface area contributed by atoms with Crippen molar-refractivity contribution in [3.05, 3.63) is 47.3 Å². The van der Waals surface area contributed by atoms with E-state index in [1.165, 1.54) is 18.4 Å². The summed E-state index contributed by atoms with van der Waals surface area (Å²) in [4.78, 5) is 4.76. The predicted molar refractivity (Wildman–Crippen MR) is 109 cm³/mol. The van der Waals surface area contributed by atoms with Gasteiger partial charge in [0.25, 0.3) is 0 Å². The summed E-state index contributed by atoms with van der Waals surface area (Å²) in [6.45, 7) is 6.26. The second-order valence-corrected chi connectivity index (χ2v) is 7.13. The van der Waals surface area contributed by atoms with E-state index in [2.05, 4.69) is 47.8 Å². The molecule has 6 nitrogen and oxygen atoms in total. The molecule has 0 bridgehead atoms. The molecule has 0 spiro atoms. The van der Waals surface area contributed by atoms with Crippen molar-refractivity contribution in [1.82, 2.24) is 20.4 Å². The maximum absolute atomic E-state index is 6.29. The lowest BCUT2D eigenvalue weighted by atomic mass is 10.1. The molecule has 0 amide bonds. The SMILES string of the molecule is CCNC(=NCc1ccc(C)cc1OC1CCCC1)NCc1ccnn1C. The van der Waals surface area contributed by atoms with Crippen LogP contribution in [0.25, 0.3) is 0 Å². The maximum Gasteiger partial charge on any atom is 0.191 e. The minimum atomic E-state index is 0.353. The van der Waals surface area contributed by atoms with Crippen molar-refractivity contribution in [3.8, 4) is 5.75 Å². The van der Waals surface area contributed by atoms with Gasteiger partial charge in [0.2, 0.25) is 0 Å². The van der Waals surface area contributed by atoms with Gasteiger partial charge in [0.05, 0.1) is 24.9 Å². The number of ether oxygens (including phenoxy) is 1. The Hall–Kier alpha value is -2.50. The summed E-state index contributed by atoms with van der Waals surface area (Å²) in [6.07, 6.45) is 7.02. The van der Waals surface area contributed by atoms with Gasteiger partial charge in [0, 0.05) is 25.4 Å². The largest absolute Gasteiger partial charge is 0.490 e. The molecule has 1 heterocycles. The third-order valence-corrected chi connectivity index (χ3v) is 4.93. The molecule has 1 saturated carbocycles. The predicted octanol–water partition coefficient (Wildman–Crippen LogP) is 3.31. The number of guanidine groups is 1. The van der Waals surface area contributed by atoms with Crippen molar-refractivity contribution < 1.29 is 4.74 Å². The molecule has 6 heteroatoms. The minimum absolute atomic E-state index is 0.353. The Kier molecular flexibility index (Phi) is 6.74. The van der Waals surface area contributed by atoms with Gasteiger partial charge in [-0.15, -0.1) is 0 Å². The number of hydrogen-bond acceptors (Lipinski definition) is 3. The number of benzene rings is 1. The van der Waals surface area contributed by atoms with Crippen molar-refractivity contribution >= 4 is 5.96 Å². The van der Waals surface area contributed by atoms with Crippen LogP contribution in [0.4, 0.5) is 0 Å². The van der Waals surface area contributed by atoms with Gasteiger partial charge in [0.1, 0.15) is 5.75 Å². The van der Waals surface area contributed by atoms with Crippen molar-refractivity contribution in [3.63, 3.8) is 0 Å². The minimum Gasteiger partial charge on any atom is -0.490 e. The molecule has 1 aliphatic carbocycles. The standard InChI is InChI=1S/C21H31N5O/c1-4-22-21(24-15-18-11-12-25-26(18)3)23-14-17-10-9-16(2)13-20(17)27-19-7-5-6-8-19/h9-13,19H,4-8,14-15H2,1-3H3,(H2,22,23,24). The Morgan fingerprint density at radius 3 is 2.78 bits per heavy atom. The number of rotatable bonds is 7. The van der Waals surface area contributed by atoms with Gasteiger partial charge in [-0.1, -0.05) is 12.1 Å². The van der Waals surface area contributed by atoms with E-state index in [1.807, 2.05) is 17.8 Å². The van der Waals surface area contributed by atoms with Gasteiger partial charge >= 0.3 is 0 Å². The van der Waals surface area contributed by atoms with E-state index in [-0.39, 0.29) is 0 Å². The number of aromatic nitrogens is 2. The normalized spacial score (nSPS) is 15.1. The zero-order chi connectivity index (χ0) is 19.1. The van der Waals surface area contributed by atoms with Crippen LogP contribution in [0, 0.1) is 6.92 Å². The molecule has 0 unspecified atom stereocenters. The van der Waals surface area contributed by atoms with Crippen LogP contribution in [-0.4, -0.2) is 28.4 Å². The molecule has 0 saturated heterocycles. The van der Waals surface area contributed by atoms with E-state index in [9.17, 15) is 0 Å². The first-order chi connectivity index (χ1) is 13.2.